The lowest BCUT2D eigenvalue weighted by Gasteiger charge is -2.29. The average molecular weight is 2110 g/mol. The molecule has 4 aromatic carbocycles. The number of aromatic nitrogens is 1. The molecule has 0 aliphatic carbocycles. The summed E-state index contributed by atoms with van der Waals surface area (Å²) in [6.07, 6.45) is 2.99. The highest BCUT2D eigenvalue weighted by atomic mass is 32.2. The van der Waals surface area contributed by atoms with Gasteiger partial charge in [-0.2, -0.15) is 37.0 Å². The van der Waals surface area contributed by atoms with Crippen LogP contribution in [0.1, 0.15) is 146 Å². The molecule has 6 unspecified atom stereocenters. The predicted molar refractivity (Wildman–Crippen MR) is 554 cm³/mol. The fraction of sp³-hybridized carbons (Fsp3) is 0.560. The van der Waals surface area contributed by atoms with Crippen molar-refractivity contribution < 1.29 is 116 Å². The van der Waals surface area contributed by atoms with E-state index < -0.39 is 198 Å². The van der Waals surface area contributed by atoms with E-state index >= 15 is 14.4 Å². The molecule has 26 N–H and O–H groups in total. The van der Waals surface area contributed by atoms with Crippen LogP contribution in [0.25, 0.3) is 10.9 Å². The normalized spacial score (nSPS) is 24.4. The van der Waals surface area contributed by atoms with Crippen LogP contribution in [0.4, 0.5) is 4.79 Å². The van der Waals surface area contributed by atoms with Gasteiger partial charge in [-0.1, -0.05) is 123 Å². The number of carbonyl (C=O) groups is 18. The van der Waals surface area contributed by atoms with Crippen molar-refractivity contribution in [3.8, 4) is 0 Å². The summed E-state index contributed by atoms with van der Waals surface area (Å²) in [6, 6.07) is 11.4. The number of unbranched alkanes of at least 4 members (excludes halogenated alkanes) is 3. The van der Waals surface area contributed by atoms with E-state index in [2.05, 4.69) is 116 Å². The van der Waals surface area contributed by atoms with Crippen LogP contribution in [0.15, 0.2) is 121 Å². The number of aliphatic hydroxyl groups excluding tert-OH is 3. The highest BCUT2D eigenvalue weighted by molar-refractivity contribution is 8.00. The largest absolute Gasteiger partial charge is 0.394 e. The minimum absolute atomic E-state index is 0.0465. The summed E-state index contributed by atoms with van der Waals surface area (Å²) in [5, 5.41) is 71.0. The molecular formula is C100H146N20O24S3. The molecule has 1 aromatic heterocycles. The second-order valence-corrected chi connectivity index (χ2v) is 38.1. The number of amides is 13. The number of H-pyrrole nitrogens is 1. The molecule has 808 valence electrons. The van der Waals surface area contributed by atoms with Gasteiger partial charge in [-0.25, -0.2) is 15.6 Å². The molecule has 0 bridgehead atoms. The number of Topliss-reactive ketones (excluding diaryl/α,β-unsaturated/α-hetero) is 6. The van der Waals surface area contributed by atoms with Gasteiger partial charge in [0.05, 0.1) is 95.0 Å². The van der Waals surface area contributed by atoms with Gasteiger partial charge >= 0.3 is 6.03 Å². The first-order chi connectivity index (χ1) is 70.6. The Kier molecular flexibility index (Phi) is 55.5. The summed E-state index contributed by atoms with van der Waals surface area (Å²) < 4.78 is 16.2. The Morgan fingerprint density at radius 3 is 1.37 bits per heavy atom. The van der Waals surface area contributed by atoms with Crippen LogP contribution in [-0.4, -0.2) is 330 Å². The van der Waals surface area contributed by atoms with Gasteiger partial charge in [0.2, 0.25) is 88.1 Å². The van der Waals surface area contributed by atoms with Gasteiger partial charge in [0.25, 0.3) is 0 Å². The maximum absolute atomic E-state index is 15.4. The summed E-state index contributed by atoms with van der Waals surface area (Å²) >= 11 is 10.3. The lowest BCUT2D eigenvalue weighted by Crippen LogP contribution is -2.63. The van der Waals surface area contributed by atoms with Gasteiger partial charge in [-0.05, 0) is 120 Å². The lowest BCUT2D eigenvalue weighted by atomic mass is 10.00. The number of nitrogens with one attached hydrogen (secondary N) is 17. The Morgan fingerprint density at radius 1 is 0.442 bits per heavy atom. The zero-order chi connectivity index (χ0) is 107. The number of carbonyl (C=O) groups excluding carboxylic acids is 18. The van der Waals surface area contributed by atoms with Crippen molar-refractivity contribution in [1.29, 1.82) is 0 Å². The van der Waals surface area contributed by atoms with Crippen molar-refractivity contribution in [2.75, 3.05) is 96.2 Å². The number of fused-ring (bicyclic) bond motifs is 2. The number of rotatable bonds is 42. The molecule has 0 radical (unpaired) electrons. The molecule has 18 atom stereocenters. The van der Waals surface area contributed by atoms with Crippen LogP contribution < -0.4 is 102 Å². The number of ketones is 6. The van der Waals surface area contributed by atoms with Gasteiger partial charge in [-0.15, -0.1) is 0 Å². The van der Waals surface area contributed by atoms with Crippen molar-refractivity contribution in [2.24, 2.45) is 17.2 Å². The number of para-hydroxylation sites is 1. The number of ether oxygens (including phenoxy) is 3. The van der Waals surface area contributed by atoms with E-state index in [0.717, 1.165) is 45.3 Å². The minimum atomic E-state index is -1.97. The quantitative estimate of drug-likeness (QED) is 0.00812. The molecular weight excluding hydrogens is 1960 g/mol. The molecule has 47 heteroatoms. The van der Waals surface area contributed by atoms with Crippen LogP contribution in [0.5, 0.6) is 0 Å². The summed E-state index contributed by atoms with van der Waals surface area (Å²) in [5.41, 5.74) is 25.1. The molecule has 147 heavy (non-hydrogen) atoms. The van der Waals surface area contributed by atoms with Crippen molar-refractivity contribution in [2.45, 2.75) is 258 Å². The smallest absolute Gasteiger partial charge is 0.315 e. The fourth-order valence-electron chi connectivity index (χ4n) is 16.2. The van der Waals surface area contributed by atoms with E-state index in [-0.39, 0.29) is 113 Å². The number of nitrogens with two attached hydrogens (primary N) is 3. The Labute approximate surface area is 869 Å². The van der Waals surface area contributed by atoms with E-state index in [9.17, 15) is 87.2 Å². The number of primary amides is 1. The van der Waals surface area contributed by atoms with Crippen molar-refractivity contribution in [3.63, 3.8) is 0 Å². The fourth-order valence-corrected chi connectivity index (χ4v) is 18.3. The maximum atomic E-state index is 15.4. The standard InChI is InChI=1S/C78H108N18O18S2.C22H38N2O6S/c1-43-69(105)86-52(27-15-17-29-79)70(106)91-58(37-63(81)101)75(111)89-54(33-46-19-7-4-8-20-46)72(108)88-55(34-47-21-9-5-10-22-47)73(109)90-57(36-49-38-84-51-26-14-13-25-50(49)51)74(110)87-53(28-16-18-30-80)71(107)94-64(44(2)98)77(113)92-56(35-48-23-11-6-12-24-48)76(112)95-65(45(3)99)78(114)93-59(40-97)67(103)68(104)61(42-116)83-32-31-82-60(41-115)66(102)62(100)39-85-96-43;1-2-17(25)9-11-29-13-15-30-14-12-28-10-5-7-18(26)6-3-4-8-20-21-19(16-31-20)23-22(27)24-21/h4-14,19-26,38,43-45,52-61,64-65,82-85,96-99,115-116H,15-18,27-37,39-42,79-80H2,1-3H3,(H2,81,101)(H,86,105)(H,87,110)(H,88,108)(H,89,111)(H,90,109)(H,91,106)(H,92,113)(H,93,114)(H,94,107)(H,95,112);19-21H,2-16H2,1H3,(H2,23,24,27)/t43-,44+,45+,52?,53-,54?,55-,56-,57?,58-,59-,60-,61-,64-,65-;/m0./s1. The van der Waals surface area contributed by atoms with Crippen LogP contribution in [0.2, 0.25) is 0 Å². The summed E-state index contributed by atoms with van der Waals surface area (Å²) in [4.78, 5) is 252. The first kappa shape index (κ1) is 122. The maximum Gasteiger partial charge on any atom is 0.315 e. The monoisotopic (exact) mass is 2110 g/mol. The molecule has 0 spiro atoms. The summed E-state index contributed by atoms with van der Waals surface area (Å²) in [6.45, 7) is 6.65. The van der Waals surface area contributed by atoms with Crippen molar-refractivity contribution in [1.82, 2.24) is 90.3 Å². The van der Waals surface area contributed by atoms with Crippen molar-refractivity contribution in [3.05, 3.63) is 144 Å². The minimum Gasteiger partial charge on any atom is -0.394 e. The number of aromatic amines is 1. The molecule has 4 heterocycles. The third-order valence-corrected chi connectivity index (χ3v) is 26.8. The van der Waals surface area contributed by atoms with E-state index in [1.54, 1.807) is 121 Å². The topological polar surface area (TPSA) is 682 Å². The van der Waals surface area contributed by atoms with E-state index in [1.165, 1.54) is 6.92 Å². The average Bonchev–Trinajstić information content (AvgIpc) is 1.66. The summed E-state index contributed by atoms with van der Waals surface area (Å²) in [5.74, 6) is -15.1. The number of hydrogen-bond donors (Lipinski definition) is 25. The van der Waals surface area contributed by atoms with Crippen LogP contribution >= 0.6 is 37.0 Å². The third kappa shape index (κ3) is 42.9. The van der Waals surface area contributed by atoms with Crippen molar-refractivity contribution >= 4 is 154 Å². The van der Waals surface area contributed by atoms with Gasteiger partial charge < -0.3 is 126 Å². The number of thioether (sulfide) groups is 1. The van der Waals surface area contributed by atoms with Gasteiger partial charge in [0, 0.05) is 111 Å². The Bertz CT molecular complexity index is 5100. The van der Waals surface area contributed by atoms with E-state index in [0.29, 0.717) is 122 Å². The number of benzene rings is 4. The number of hydrazine groups is 1. The Morgan fingerprint density at radius 2 is 0.864 bits per heavy atom. The zero-order valence-electron chi connectivity index (χ0n) is 83.4. The zero-order valence-corrected chi connectivity index (χ0v) is 86.0. The molecule has 3 aliphatic heterocycles. The van der Waals surface area contributed by atoms with Crippen LogP contribution in [0.3, 0.4) is 0 Å². The van der Waals surface area contributed by atoms with Gasteiger partial charge in [0.15, 0.2) is 0 Å². The van der Waals surface area contributed by atoms with E-state index in [1.807, 2.05) is 18.7 Å². The van der Waals surface area contributed by atoms with Crippen LogP contribution in [0, 0.1) is 0 Å². The van der Waals surface area contributed by atoms with E-state index in [4.69, 9.17) is 31.4 Å². The molecule has 13 amide bonds. The molecule has 3 fully saturated rings. The molecule has 3 saturated heterocycles. The third-order valence-electron chi connectivity index (χ3n) is 24.5. The van der Waals surface area contributed by atoms with Gasteiger partial charge in [-0.3, -0.25) is 81.5 Å². The van der Waals surface area contributed by atoms with Gasteiger partial charge in [0.1, 0.15) is 72.0 Å². The highest BCUT2D eigenvalue weighted by Crippen LogP contribution is 2.33. The molecule has 0 saturated carbocycles. The SMILES string of the molecule is CCC(=O)CCOCCOCCOCCCC(=O)CCCCC1SCC2NC(=O)NC21.C[C@@H]1NNCC(=O)C(=O)[C@H](CS)NCCN[C@@H](CS)C(=O)C(=O)[C@H](CO)NC(=O)[C@H]([C@@H](C)O)NC(=O)[C@H](Cc2ccccc2)NC(=O)[C@H]([C@@H](C)O)NC(=O)[C@H](CCCCN)NC(=O)C(Cc2c[nH]c3ccccc23)NC(=O)[C@H](Cc2ccccc2)NC(=O)C(Cc2ccccc2)NC(=O)[C@H](CC(N)=O)NC(=O)C(CCCCN)NC1=O. The molecule has 5 aromatic rings. The number of urea groups is 1. The first-order valence-electron chi connectivity index (χ1n) is 49.7. The highest BCUT2D eigenvalue weighted by Gasteiger charge is 2.44. The first-order valence-corrected chi connectivity index (χ1v) is 52.1. The molecule has 3 aliphatic rings. The number of hydrogen-bond acceptors (Lipinski definition) is 33. The Balaban J connectivity index is 0.000000799. The predicted octanol–water partition coefficient (Wildman–Crippen LogP) is -2.80. The second-order valence-electron chi connectivity index (χ2n) is 36.1. The number of aliphatic hydroxyl groups is 3. The molecule has 8 rings (SSSR count). The number of thiol groups is 2. The second kappa shape index (κ2) is 66.7. The van der Waals surface area contributed by atoms with Crippen LogP contribution in [-0.2, 0) is 121 Å². The molecule has 44 nitrogen and oxygen atoms in total. The lowest BCUT2D eigenvalue weighted by molar-refractivity contribution is -0.141. The Hall–Kier alpha value is -11.6. The summed E-state index contributed by atoms with van der Waals surface area (Å²) in [7, 11) is 0.